The Bertz CT molecular complexity index is 302. The molecule has 2 rings (SSSR count). The van der Waals surface area contributed by atoms with Gasteiger partial charge in [0.05, 0.1) is 5.60 Å². The third kappa shape index (κ3) is 4.92. The highest BCUT2D eigenvalue weighted by molar-refractivity contribution is 5.06. The zero-order valence-electron chi connectivity index (χ0n) is 12.8. The molecule has 0 aromatic heterocycles. The minimum Gasteiger partial charge on any atom is -0.389 e. The van der Waals surface area contributed by atoms with Gasteiger partial charge in [0.2, 0.25) is 0 Å². The van der Waals surface area contributed by atoms with Crippen molar-refractivity contribution in [3.8, 4) is 0 Å². The topological polar surface area (TPSA) is 32.3 Å². The molecule has 0 spiro atoms. The molecule has 0 aromatic rings. The van der Waals surface area contributed by atoms with E-state index in [1.165, 1.54) is 38.5 Å². The molecule has 2 aliphatic rings. The highest BCUT2D eigenvalue weighted by Gasteiger charge is 2.28. The van der Waals surface area contributed by atoms with Gasteiger partial charge in [0.25, 0.3) is 0 Å². The summed E-state index contributed by atoms with van der Waals surface area (Å²) < 4.78 is 0. The molecule has 0 aliphatic heterocycles. The maximum Gasteiger partial charge on any atom is 0.0771 e. The second-order valence-corrected chi connectivity index (χ2v) is 7.07. The highest BCUT2D eigenvalue weighted by Crippen LogP contribution is 2.28. The predicted molar refractivity (Wildman–Crippen MR) is 81.2 cm³/mol. The van der Waals surface area contributed by atoms with E-state index in [0.717, 1.165) is 37.8 Å². The van der Waals surface area contributed by atoms with E-state index < -0.39 is 5.60 Å². The van der Waals surface area contributed by atoms with Gasteiger partial charge in [0, 0.05) is 6.54 Å². The second kappa shape index (κ2) is 6.90. The first-order chi connectivity index (χ1) is 9.07. The molecule has 110 valence electrons. The Kier molecular flexibility index (Phi) is 5.47. The van der Waals surface area contributed by atoms with Gasteiger partial charge in [0.1, 0.15) is 0 Å². The summed E-state index contributed by atoms with van der Waals surface area (Å²) in [7, 11) is 0. The van der Waals surface area contributed by atoms with Gasteiger partial charge in [-0.3, -0.25) is 0 Å². The summed E-state index contributed by atoms with van der Waals surface area (Å²) >= 11 is 0. The maximum absolute atomic E-state index is 10.6. The van der Waals surface area contributed by atoms with Crippen LogP contribution in [-0.4, -0.2) is 23.8 Å². The van der Waals surface area contributed by atoms with E-state index >= 15 is 0 Å². The molecule has 0 aromatic carbocycles. The first-order valence-corrected chi connectivity index (χ1v) is 8.18. The van der Waals surface area contributed by atoms with E-state index in [2.05, 4.69) is 25.2 Å². The first-order valence-electron chi connectivity index (χ1n) is 8.18. The Labute approximate surface area is 118 Å². The molecule has 0 saturated heterocycles. The molecule has 2 atom stereocenters. The lowest BCUT2D eigenvalue weighted by Gasteiger charge is -2.30. The summed E-state index contributed by atoms with van der Waals surface area (Å²) in [4.78, 5) is 0. The molecule has 1 fully saturated rings. The van der Waals surface area contributed by atoms with Crippen molar-refractivity contribution in [2.45, 2.75) is 70.8 Å². The lowest BCUT2D eigenvalue weighted by Crippen LogP contribution is -2.42. The largest absolute Gasteiger partial charge is 0.389 e. The van der Waals surface area contributed by atoms with Gasteiger partial charge in [-0.25, -0.2) is 0 Å². The number of hydrogen-bond donors (Lipinski definition) is 2. The molecular formula is C17H31NO. The van der Waals surface area contributed by atoms with Crippen LogP contribution < -0.4 is 5.32 Å². The average molecular weight is 265 g/mol. The van der Waals surface area contributed by atoms with Crippen molar-refractivity contribution in [2.75, 3.05) is 13.1 Å². The van der Waals surface area contributed by atoms with Crippen LogP contribution in [0.2, 0.25) is 0 Å². The van der Waals surface area contributed by atoms with E-state index in [9.17, 15) is 5.11 Å². The Hall–Kier alpha value is -0.340. The van der Waals surface area contributed by atoms with Crippen LogP contribution in [0.3, 0.4) is 0 Å². The molecule has 2 nitrogen and oxygen atoms in total. The van der Waals surface area contributed by atoms with E-state index in [1.807, 2.05) is 0 Å². The smallest absolute Gasteiger partial charge is 0.0771 e. The van der Waals surface area contributed by atoms with Crippen LogP contribution in [0.25, 0.3) is 0 Å². The van der Waals surface area contributed by atoms with Crippen molar-refractivity contribution in [1.82, 2.24) is 5.32 Å². The Balaban J connectivity index is 1.72. The predicted octanol–water partition coefficient (Wildman–Crippen LogP) is 3.65. The normalized spacial score (nSPS) is 31.6. The summed E-state index contributed by atoms with van der Waals surface area (Å²) in [5.41, 5.74) is 1.11. The third-order valence-electron chi connectivity index (χ3n) is 4.81. The van der Waals surface area contributed by atoms with Gasteiger partial charge in [-0.1, -0.05) is 44.3 Å². The number of allylic oxidation sites excluding steroid dienone is 2. The summed E-state index contributed by atoms with van der Waals surface area (Å²) in [5, 5.41) is 14.2. The molecule has 2 N–H and O–H groups in total. The van der Waals surface area contributed by atoms with Gasteiger partial charge in [-0.2, -0.15) is 0 Å². The fraction of sp³-hybridized carbons (Fsp3) is 0.882. The van der Waals surface area contributed by atoms with Crippen molar-refractivity contribution >= 4 is 0 Å². The standard InChI is InChI=1S/C17H31NO/c1-14-9-15(2)11-16(10-14)12-18-13-17(19)7-5-3-4-6-8-17/h9,14,16,18-19H,3-8,10-13H2,1-2H3. The molecular weight excluding hydrogens is 234 g/mol. The molecule has 19 heavy (non-hydrogen) atoms. The molecule has 2 unspecified atom stereocenters. The van der Waals surface area contributed by atoms with Crippen LogP contribution in [0.15, 0.2) is 11.6 Å². The lowest BCUT2D eigenvalue weighted by molar-refractivity contribution is 0.0244. The van der Waals surface area contributed by atoms with Crippen molar-refractivity contribution < 1.29 is 5.11 Å². The van der Waals surface area contributed by atoms with Crippen molar-refractivity contribution in [1.29, 1.82) is 0 Å². The van der Waals surface area contributed by atoms with Crippen LogP contribution in [0.5, 0.6) is 0 Å². The first kappa shape index (κ1) is 15.1. The van der Waals surface area contributed by atoms with E-state index in [4.69, 9.17) is 0 Å². The van der Waals surface area contributed by atoms with Crippen LogP contribution in [0, 0.1) is 11.8 Å². The number of nitrogens with one attached hydrogen (secondary N) is 1. The summed E-state index contributed by atoms with van der Waals surface area (Å²) in [6, 6.07) is 0. The van der Waals surface area contributed by atoms with Crippen LogP contribution >= 0.6 is 0 Å². The SMILES string of the molecule is CC1=CC(C)CC(CNCC2(O)CCCCCC2)C1. The Morgan fingerprint density at radius 2 is 1.95 bits per heavy atom. The van der Waals surface area contributed by atoms with Crippen molar-refractivity contribution in [2.24, 2.45) is 11.8 Å². The van der Waals surface area contributed by atoms with Gasteiger partial charge < -0.3 is 10.4 Å². The molecule has 0 radical (unpaired) electrons. The van der Waals surface area contributed by atoms with Gasteiger partial charge >= 0.3 is 0 Å². The van der Waals surface area contributed by atoms with Crippen LogP contribution in [0.1, 0.15) is 65.2 Å². The second-order valence-electron chi connectivity index (χ2n) is 7.07. The lowest BCUT2D eigenvalue weighted by atomic mass is 9.83. The third-order valence-corrected chi connectivity index (χ3v) is 4.81. The number of aliphatic hydroxyl groups is 1. The molecule has 0 amide bonds. The van der Waals surface area contributed by atoms with Gasteiger partial charge in [-0.15, -0.1) is 0 Å². The van der Waals surface area contributed by atoms with Crippen LogP contribution in [0.4, 0.5) is 0 Å². The summed E-state index contributed by atoms with van der Waals surface area (Å²) in [6.07, 6.45) is 11.9. The minimum atomic E-state index is -0.429. The highest BCUT2D eigenvalue weighted by atomic mass is 16.3. The monoisotopic (exact) mass is 265 g/mol. The van der Waals surface area contributed by atoms with Crippen molar-refractivity contribution in [3.63, 3.8) is 0 Å². The Morgan fingerprint density at radius 3 is 2.58 bits per heavy atom. The summed E-state index contributed by atoms with van der Waals surface area (Å²) in [5.74, 6) is 1.48. The molecule has 1 saturated carbocycles. The van der Waals surface area contributed by atoms with Gasteiger partial charge in [0.15, 0.2) is 0 Å². The zero-order valence-corrected chi connectivity index (χ0v) is 12.8. The molecule has 0 heterocycles. The number of hydrogen-bond acceptors (Lipinski definition) is 2. The fourth-order valence-corrected chi connectivity index (χ4v) is 3.91. The van der Waals surface area contributed by atoms with Crippen LogP contribution in [-0.2, 0) is 0 Å². The zero-order chi connectivity index (χ0) is 13.7. The average Bonchev–Trinajstić information content (AvgIpc) is 2.53. The van der Waals surface area contributed by atoms with E-state index in [1.54, 1.807) is 5.57 Å². The molecule has 0 bridgehead atoms. The maximum atomic E-state index is 10.6. The molecule has 2 aliphatic carbocycles. The van der Waals surface area contributed by atoms with E-state index in [-0.39, 0.29) is 0 Å². The summed E-state index contributed by atoms with van der Waals surface area (Å²) in [6.45, 7) is 6.43. The minimum absolute atomic E-state index is 0.429. The van der Waals surface area contributed by atoms with E-state index in [0.29, 0.717) is 0 Å². The fourth-order valence-electron chi connectivity index (χ4n) is 3.91. The van der Waals surface area contributed by atoms with Crippen molar-refractivity contribution in [3.05, 3.63) is 11.6 Å². The molecule has 2 heteroatoms. The number of rotatable bonds is 4. The van der Waals surface area contributed by atoms with Gasteiger partial charge in [-0.05, 0) is 51.0 Å². The Morgan fingerprint density at radius 1 is 1.26 bits per heavy atom. The quantitative estimate of drug-likeness (QED) is 0.600.